The predicted octanol–water partition coefficient (Wildman–Crippen LogP) is -22.5. The van der Waals surface area contributed by atoms with Crippen molar-refractivity contribution in [3.05, 3.63) is 0 Å². The van der Waals surface area contributed by atoms with Gasteiger partial charge < -0.3 is 43.8 Å². The van der Waals surface area contributed by atoms with Crippen LogP contribution >= 0.6 is 7.82 Å². The van der Waals surface area contributed by atoms with Gasteiger partial charge >= 0.3 is 221 Å². The molecule has 18 heavy (non-hydrogen) atoms. The van der Waals surface area contributed by atoms with Crippen LogP contribution in [0.15, 0.2) is 0 Å². The Morgan fingerprint density at radius 1 is 0.889 bits per heavy atom. The summed E-state index contributed by atoms with van der Waals surface area (Å²) in [5, 5.41) is 18.1. The predicted molar refractivity (Wildman–Crippen MR) is 21.7 cm³/mol. The van der Waals surface area contributed by atoms with Gasteiger partial charge in [0, 0.05) is 0 Å². The van der Waals surface area contributed by atoms with Crippen molar-refractivity contribution >= 4 is 20.1 Å². The maximum Gasteiger partial charge on any atom is 1.00 e. The minimum atomic E-state index is -5.14. The van der Waals surface area contributed by atoms with E-state index in [0.29, 0.717) is 0 Å². The maximum absolute atomic E-state index is 9.06. The Morgan fingerprint density at radius 3 is 1.00 bits per heavy atom. The van der Waals surface area contributed by atoms with Gasteiger partial charge in [0.05, 0.1) is 7.82 Å². The molecule has 0 rings (SSSR count). The van der Waals surface area contributed by atoms with Crippen LogP contribution in [0.5, 0.6) is 0 Å². The van der Waals surface area contributed by atoms with Crippen molar-refractivity contribution in [2.45, 2.75) is 0 Å². The zero-order valence-electron chi connectivity index (χ0n) is 11.2. The molecule has 0 aliphatic carbocycles. The van der Waals surface area contributed by atoms with Crippen LogP contribution in [0, 0.1) is 0 Å². The van der Waals surface area contributed by atoms with Gasteiger partial charge in [-0.25, -0.2) is 0 Å². The molecule has 0 heterocycles. The van der Waals surface area contributed by atoms with Crippen molar-refractivity contribution in [1.29, 1.82) is 0 Å². The number of hydrogen-bond donors (Lipinski definition) is 1. The third-order valence-electron chi connectivity index (χ3n) is 0.167. The number of phosphoric acid groups is 1. The minimum absolute atomic E-state index is 0. The first-order valence-corrected chi connectivity index (χ1v) is 3.47. The third kappa shape index (κ3) is 96.3. The molecule has 0 fully saturated rings. The second kappa shape index (κ2) is 30.9. The molecule has 16 heteroatoms. The smallest absolute Gasteiger partial charge is 0.790 e. The van der Waals surface area contributed by atoms with Gasteiger partial charge in [0.25, 0.3) is 12.3 Å². The van der Waals surface area contributed by atoms with E-state index in [-0.39, 0.29) is 221 Å². The van der Waals surface area contributed by atoms with Gasteiger partial charge in [0.15, 0.2) is 0 Å². The van der Waals surface area contributed by atoms with Crippen molar-refractivity contribution < 1.29 is 265 Å². The zero-order valence-corrected chi connectivity index (χ0v) is 26.3. The number of carbonyl (C=O) groups is 2. The minimum Gasteiger partial charge on any atom is -0.790 e. The van der Waals surface area contributed by atoms with E-state index in [1.54, 1.807) is 0 Å². The van der Waals surface area contributed by atoms with E-state index in [2.05, 4.69) is 4.74 Å². The van der Waals surface area contributed by atoms with E-state index in [4.69, 9.17) is 39.0 Å². The molecule has 72 valence electrons. The number of carbonyl (C=O) groups excluding carboxylic acids is 2. The summed E-state index contributed by atoms with van der Waals surface area (Å²) < 4.78 is 11.5. The van der Waals surface area contributed by atoms with Crippen molar-refractivity contribution in [1.82, 2.24) is 0 Å². The van der Waals surface area contributed by atoms with Crippen molar-refractivity contribution in [3.63, 3.8) is 0 Å². The number of carboxylic acid groups (broad SMARTS) is 2. The zero-order chi connectivity index (χ0) is 10.4. The number of ether oxygens (including phenoxy) is 1. The average molecular weight is 370 g/mol. The SMILES string of the molecule is O=C([O-])OC(=O)[O-].O=P([O-])([O-])O.[K+].[K+].[Na+].[Na+].[Na+].[Na+]. The summed E-state index contributed by atoms with van der Waals surface area (Å²) in [6, 6.07) is 0. The van der Waals surface area contributed by atoms with E-state index in [1.807, 2.05) is 0 Å². The second-order valence-corrected chi connectivity index (χ2v) is 2.01. The van der Waals surface area contributed by atoms with Crippen LogP contribution in [0.3, 0.4) is 0 Å². The molecule has 0 atom stereocenters. The molecule has 0 bridgehead atoms. The summed E-state index contributed by atoms with van der Waals surface area (Å²) in [6.07, 6.45) is -4.25. The Hall–Kier alpha value is 6.12. The number of hydrogen-bond acceptors (Lipinski definition) is 8. The quantitative estimate of drug-likeness (QED) is 0.188. The van der Waals surface area contributed by atoms with Crippen molar-refractivity contribution in [3.8, 4) is 0 Å². The molecule has 0 aromatic carbocycles. The summed E-state index contributed by atoms with van der Waals surface area (Å²) in [4.78, 5) is 42.4. The van der Waals surface area contributed by atoms with E-state index >= 15 is 0 Å². The first-order chi connectivity index (χ1) is 5.13. The largest absolute Gasteiger partial charge is 1.00 e. The van der Waals surface area contributed by atoms with Gasteiger partial charge in [0.2, 0.25) is 0 Å². The molecule has 1 N–H and O–H groups in total. The first kappa shape index (κ1) is 49.6. The van der Waals surface area contributed by atoms with Crippen LogP contribution in [-0.4, -0.2) is 17.2 Å². The maximum atomic E-state index is 9.06. The summed E-state index contributed by atoms with van der Waals surface area (Å²) >= 11 is 0. The van der Waals surface area contributed by atoms with Gasteiger partial charge in [-0.3, -0.25) is 0 Å². The second-order valence-electron chi connectivity index (χ2n) is 1.07. The van der Waals surface area contributed by atoms with Gasteiger partial charge in [-0.2, -0.15) is 0 Å². The molecule has 0 saturated heterocycles. The van der Waals surface area contributed by atoms with Gasteiger partial charge in [-0.05, 0) is 0 Å². The van der Waals surface area contributed by atoms with E-state index in [0.717, 1.165) is 0 Å². The Morgan fingerprint density at radius 2 is 1.00 bits per heavy atom. The summed E-state index contributed by atoms with van der Waals surface area (Å²) in [5.74, 6) is 0. The fourth-order valence-electron chi connectivity index (χ4n) is 0.0680. The van der Waals surface area contributed by atoms with Crippen LogP contribution in [-0.2, 0) is 9.30 Å². The average Bonchev–Trinajstić information content (AvgIpc) is 1.52. The molecule has 0 aliphatic heterocycles. The van der Waals surface area contributed by atoms with Crippen LogP contribution in [0.2, 0.25) is 0 Å². The molecular weight excluding hydrogens is 369 g/mol. The van der Waals surface area contributed by atoms with E-state index in [1.165, 1.54) is 0 Å². The fraction of sp³-hybridized carbons (Fsp3) is 0. The van der Waals surface area contributed by atoms with Crippen LogP contribution in [0.25, 0.3) is 0 Å². The molecule has 0 amide bonds. The molecular formula is C2HK2Na4O9P+2. The first-order valence-electron chi connectivity index (χ1n) is 1.97. The molecule has 0 aromatic heterocycles. The summed E-state index contributed by atoms with van der Waals surface area (Å²) in [6.45, 7) is 0. The summed E-state index contributed by atoms with van der Waals surface area (Å²) in [7, 11) is -5.14. The topological polar surface area (TPSA) is 173 Å². The molecule has 9 nitrogen and oxygen atoms in total. The van der Waals surface area contributed by atoms with E-state index in [9.17, 15) is 0 Å². The molecule has 0 aliphatic rings. The van der Waals surface area contributed by atoms with E-state index < -0.39 is 20.1 Å². The van der Waals surface area contributed by atoms with Crippen molar-refractivity contribution in [2.24, 2.45) is 0 Å². The summed E-state index contributed by atoms with van der Waals surface area (Å²) in [5.41, 5.74) is 0. The molecule has 0 unspecified atom stereocenters. The van der Waals surface area contributed by atoms with Crippen LogP contribution in [0.1, 0.15) is 0 Å². The molecule has 0 aromatic rings. The van der Waals surface area contributed by atoms with Gasteiger partial charge in [-0.15, -0.1) is 0 Å². The fourth-order valence-corrected chi connectivity index (χ4v) is 0.0680. The van der Waals surface area contributed by atoms with Crippen LogP contribution < -0.4 is 241 Å². The molecule has 0 radical (unpaired) electrons. The number of rotatable bonds is 0. The molecule has 0 saturated carbocycles. The Kier molecular flexibility index (Phi) is 85.3. The van der Waals surface area contributed by atoms with Crippen LogP contribution in [0.4, 0.5) is 9.59 Å². The Labute approximate surface area is 277 Å². The standard InChI is InChI=1S/C2H2O5.2K.4Na.H3O4P/c3-1(4)7-2(5)6;;;;;;;1-5(2,3)4/h(H,3,4)(H,5,6);;;;;;;(H3,1,2,3,4)/q;6*+1;/p-4. The van der Waals surface area contributed by atoms with Gasteiger partial charge in [-0.1, -0.05) is 0 Å². The normalized spacial score (nSPS) is 6.17. The monoisotopic (exact) mass is 370 g/mol. The Bertz CT molecular complexity index is 202. The van der Waals surface area contributed by atoms with Crippen molar-refractivity contribution in [2.75, 3.05) is 0 Å². The Balaban J connectivity index is -0.0000000142. The third-order valence-corrected chi connectivity index (χ3v) is 0.167. The van der Waals surface area contributed by atoms with Gasteiger partial charge in [0.1, 0.15) is 0 Å². The molecule has 0 spiro atoms.